The summed E-state index contributed by atoms with van der Waals surface area (Å²) < 4.78 is 23.4. The number of anilines is 4. The molecule has 0 fully saturated rings. The predicted molar refractivity (Wildman–Crippen MR) is 127 cm³/mol. The van der Waals surface area contributed by atoms with E-state index in [0.29, 0.717) is 0 Å². The van der Waals surface area contributed by atoms with Gasteiger partial charge in [-0.15, -0.1) is 0 Å². The van der Waals surface area contributed by atoms with Crippen LogP contribution in [0.4, 0.5) is 23.3 Å². The molecule has 0 atom stereocenters. The Kier molecular flexibility index (Phi) is 10.8. The van der Waals surface area contributed by atoms with Crippen molar-refractivity contribution in [2.45, 2.75) is 0 Å². The van der Waals surface area contributed by atoms with Crippen LogP contribution in [0.2, 0.25) is 0 Å². The van der Waals surface area contributed by atoms with Gasteiger partial charge in [-0.05, 0) is 48.5 Å². The molecular weight excluding hydrogens is 537 g/mol. The molecule has 4 aromatic rings. The summed E-state index contributed by atoms with van der Waals surface area (Å²) in [6, 6.07) is 19.8. The first-order chi connectivity index (χ1) is 16.3. The molecule has 0 bridgehead atoms. The Balaban J connectivity index is 0.000000240. The molecule has 1 radical (unpaired) electrons. The van der Waals surface area contributed by atoms with E-state index in [9.17, 15) is 18.9 Å². The van der Waals surface area contributed by atoms with E-state index in [0.717, 1.165) is 0 Å². The predicted octanol–water partition coefficient (Wildman–Crippen LogP) is 2.94. The molecule has 15 heteroatoms. The molecule has 4 heterocycles. The van der Waals surface area contributed by atoms with Crippen molar-refractivity contribution in [2.75, 3.05) is 20.3 Å². The zero-order valence-electron chi connectivity index (χ0n) is 17.9. The van der Waals surface area contributed by atoms with Crippen LogP contribution in [0.3, 0.4) is 0 Å². The summed E-state index contributed by atoms with van der Waals surface area (Å²) in [7, 11) is -8.02. The molecule has 183 valence electrons. The fraction of sp³-hybridized carbons (Fsp3) is 0. The average Bonchev–Trinajstić information content (AvgIpc) is 2.81. The smallest absolute Gasteiger partial charge is 0.767 e. The third-order valence-corrected chi connectivity index (χ3v) is 5.80. The number of rotatable bonds is 8. The molecule has 0 spiro atoms. The Morgan fingerprint density at radius 3 is 0.886 bits per heavy atom. The van der Waals surface area contributed by atoms with E-state index in [1.807, 2.05) is 0 Å². The van der Waals surface area contributed by atoms with Gasteiger partial charge >= 0.3 is 16.8 Å². The number of nitrogens with zero attached hydrogens (tertiary/aromatic N) is 4. The van der Waals surface area contributed by atoms with Crippen LogP contribution in [0, 0.1) is 0 Å². The van der Waals surface area contributed by atoms with Gasteiger partial charge in [-0.1, -0.05) is 24.3 Å². The number of pyridine rings is 4. The second-order valence-corrected chi connectivity index (χ2v) is 9.51. The first-order valence-corrected chi connectivity index (χ1v) is 13.0. The fourth-order valence-corrected chi connectivity index (χ4v) is 4.22. The number of aromatic nitrogens is 4. The van der Waals surface area contributed by atoms with Crippen LogP contribution < -0.4 is 30.1 Å². The van der Waals surface area contributed by atoms with Gasteiger partial charge in [-0.25, -0.2) is 19.9 Å². The van der Waals surface area contributed by atoms with Gasteiger partial charge in [-0.2, -0.15) is 0 Å². The third kappa shape index (κ3) is 10.7. The van der Waals surface area contributed by atoms with E-state index < -0.39 is 15.3 Å². The maximum Gasteiger partial charge on any atom is 2.00 e. The van der Waals surface area contributed by atoms with Crippen molar-refractivity contribution in [1.29, 1.82) is 0 Å². The molecule has 35 heavy (non-hydrogen) atoms. The van der Waals surface area contributed by atoms with Gasteiger partial charge in [0.2, 0.25) is 0 Å². The quantitative estimate of drug-likeness (QED) is 0.233. The van der Waals surface area contributed by atoms with Crippen LogP contribution in [0.1, 0.15) is 0 Å². The van der Waals surface area contributed by atoms with E-state index in [2.05, 4.69) is 40.3 Å². The van der Waals surface area contributed by atoms with Crippen molar-refractivity contribution in [2.24, 2.45) is 0 Å². The van der Waals surface area contributed by atoms with Crippen molar-refractivity contribution >= 4 is 38.6 Å². The van der Waals surface area contributed by atoms with Gasteiger partial charge in [0.05, 0.1) is 0 Å². The zero-order valence-corrected chi connectivity index (χ0v) is 20.7. The summed E-state index contributed by atoms with van der Waals surface area (Å²) >= 11 is 0. The molecular formula is C20H20CoN8O4P2. The molecule has 0 amide bonds. The van der Waals surface area contributed by atoms with Crippen LogP contribution in [-0.4, -0.2) is 19.9 Å². The Morgan fingerprint density at radius 1 is 0.486 bits per heavy atom. The molecule has 0 unspecified atom stereocenters. The maximum absolute atomic E-state index is 11.7. The SMILES string of the molecule is O=P([O-])(Nc1ccccn1)Nc1ccccn1.O=P([O-])(Nc1ccccn1)Nc1ccccn1.[Co+2]. The van der Waals surface area contributed by atoms with E-state index in [4.69, 9.17) is 0 Å². The van der Waals surface area contributed by atoms with E-state index >= 15 is 0 Å². The largest absolute Gasteiger partial charge is 2.00 e. The van der Waals surface area contributed by atoms with Crippen molar-refractivity contribution < 1.29 is 35.7 Å². The van der Waals surface area contributed by atoms with Gasteiger partial charge in [0, 0.05) is 24.8 Å². The Morgan fingerprint density at radius 2 is 0.714 bits per heavy atom. The van der Waals surface area contributed by atoms with Crippen molar-refractivity contribution in [3.8, 4) is 0 Å². The topological polar surface area (TPSA) is 180 Å². The van der Waals surface area contributed by atoms with Crippen molar-refractivity contribution in [1.82, 2.24) is 19.9 Å². The fourth-order valence-electron chi connectivity index (χ4n) is 2.37. The number of hydrogen-bond donors (Lipinski definition) is 4. The van der Waals surface area contributed by atoms with Crippen LogP contribution in [0.25, 0.3) is 0 Å². The molecule has 0 aliphatic carbocycles. The van der Waals surface area contributed by atoms with Gasteiger partial charge in [-0.3, -0.25) is 9.13 Å². The maximum atomic E-state index is 11.7. The first-order valence-electron chi connectivity index (χ1n) is 9.71. The Hall–Kier alpha value is -3.31. The molecule has 0 aliphatic heterocycles. The first kappa shape index (κ1) is 27.9. The standard InChI is InChI=1S/2C10H11N4O2P.Co/c2*15-17(16,13-9-5-1-3-7-11-9)14-10-6-2-4-8-12-10;/h2*1-8H,(H3,11,12,13,14,15,16);/q;;+2/p-2. The van der Waals surface area contributed by atoms with E-state index in [1.54, 1.807) is 72.8 Å². The summed E-state index contributed by atoms with van der Waals surface area (Å²) in [6.07, 6.45) is 6.01. The van der Waals surface area contributed by atoms with Crippen LogP contribution >= 0.6 is 15.3 Å². The molecule has 0 saturated carbocycles. The molecule has 4 rings (SSSR count). The second kappa shape index (κ2) is 13.5. The van der Waals surface area contributed by atoms with Crippen LogP contribution in [0.5, 0.6) is 0 Å². The Labute approximate surface area is 212 Å². The monoisotopic (exact) mass is 557 g/mol. The van der Waals surface area contributed by atoms with Gasteiger partial charge in [0.15, 0.2) is 15.3 Å². The minimum atomic E-state index is -4.01. The van der Waals surface area contributed by atoms with Gasteiger partial charge in [0.1, 0.15) is 23.3 Å². The van der Waals surface area contributed by atoms with E-state index in [-0.39, 0.29) is 40.1 Å². The van der Waals surface area contributed by atoms with Crippen LogP contribution in [0.15, 0.2) is 97.6 Å². The van der Waals surface area contributed by atoms with Crippen molar-refractivity contribution in [3.05, 3.63) is 97.6 Å². The summed E-state index contributed by atoms with van der Waals surface area (Å²) in [5.74, 6) is 1.03. The number of nitrogens with one attached hydrogen (secondary N) is 4. The average molecular weight is 557 g/mol. The molecule has 0 aromatic carbocycles. The number of hydrogen-bond acceptors (Lipinski definition) is 8. The molecule has 4 N–H and O–H groups in total. The third-order valence-electron chi connectivity index (χ3n) is 3.71. The van der Waals surface area contributed by atoms with E-state index in [1.165, 1.54) is 24.8 Å². The Bertz CT molecular complexity index is 1060. The molecule has 0 saturated heterocycles. The van der Waals surface area contributed by atoms with Gasteiger partial charge in [0.25, 0.3) is 0 Å². The summed E-state index contributed by atoms with van der Waals surface area (Å²) in [5, 5.41) is 9.22. The minimum Gasteiger partial charge on any atom is -0.767 e. The zero-order chi connectivity index (χ0) is 24.3. The second-order valence-electron chi connectivity index (χ2n) is 6.41. The normalized spacial score (nSPS) is 10.6. The summed E-state index contributed by atoms with van der Waals surface area (Å²) in [6.45, 7) is 0. The molecule has 12 nitrogen and oxygen atoms in total. The van der Waals surface area contributed by atoms with Gasteiger partial charge < -0.3 is 30.1 Å². The molecule has 0 aliphatic rings. The summed E-state index contributed by atoms with van der Waals surface area (Å²) in [4.78, 5) is 38.8. The summed E-state index contributed by atoms with van der Waals surface area (Å²) in [5.41, 5.74) is 0. The molecule has 4 aromatic heterocycles. The minimum absolute atomic E-state index is 0. The van der Waals surface area contributed by atoms with Crippen molar-refractivity contribution in [3.63, 3.8) is 0 Å². The van der Waals surface area contributed by atoms with Crippen LogP contribution in [-0.2, 0) is 25.9 Å².